The van der Waals surface area contributed by atoms with Crippen LogP contribution in [0.15, 0.2) is 0 Å². The van der Waals surface area contributed by atoms with Gasteiger partial charge in [0.2, 0.25) is 0 Å². The van der Waals surface area contributed by atoms with Crippen molar-refractivity contribution in [3.8, 4) is 0 Å². The molecule has 0 amide bonds. The molecule has 0 radical (unpaired) electrons. The van der Waals surface area contributed by atoms with Gasteiger partial charge in [-0.1, -0.05) is 0 Å². The Hall–Kier alpha value is -0.900. The lowest BCUT2D eigenvalue weighted by atomic mass is 10.1. The van der Waals surface area contributed by atoms with E-state index in [0.717, 1.165) is 0 Å². The molecule has 11 heavy (non-hydrogen) atoms. The largest absolute Gasteiger partial charge is 0.469 e. The molecule has 0 spiro atoms. The van der Waals surface area contributed by atoms with Crippen LogP contribution in [0.3, 0.4) is 0 Å². The number of carbonyl (C=O) groups excluding carboxylic acids is 2. The number of nitrogens with two attached hydrogens (primary N) is 1. The lowest BCUT2D eigenvalue weighted by Crippen LogP contribution is -2.36. The number of hydrogen-bond acceptors (Lipinski definition) is 4. The quantitative estimate of drug-likeness (QED) is 0.519. The van der Waals surface area contributed by atoms with E-state index in [0.29, 0.717) is 12.8 Å². The van der Waals surface area contributed by atoms with Crippen molar-refractivity contribution < 1.29 is 14.3 Å². The Kier molecular flexibility index (Phi) is 2.24. The van der Waals surface area contributed by atoms with Crippen molar-refractivity contribution in [1.29, 1.82) is 0 Å². The molecule has 0 aromatic heterocycles. The molecule has 1 fully saturated rings. The molecule has 2 atom stereocenters. The third kappa shape index (κ3) is 1.40. The average molecular weight is 157 g/mol. The molecular formula is C7H11NO3. The van der Waals surface area contributed by atoms with Crippen LogP contribution in [0.1, 0.15) is 12.8 Å². The Morgan fingerprint density at radius 3 is 2.73 bits per heavy atom. The van der Waals surface area contributed by atoms with Crippen molar-refractivity contribution in [2.24, 2.45) is 11.7 Å². The number of esters is 1. The van der Waals surface area contributed by atoms with Crippen molar-refractivity contribution in [3.63, 3.8) is 0 Å². The van der Waals surface area contributed by atoms with Gasteiger partial charge in [0.1, 0.15) is 5.78 Å². The Balaban J connectivity index is 2.61. The number of Topliss-reactive ketones (excluding diaryl/α,β-unsaturated/α-hetero) is 1. The van der Waals surface area contributed by atoms with Crippen LogP contribution in [0.25, 0.3) is 0 Å². The highest BCUT2D eigenvalue weighted by molar-refractivity contribution is 5.92. The second-order valence-electron chi connectivity index (χ2n) is 2.66. The predicted octanol–water partition coefficient (Wildman–Crippen LogP) is -0.534. The predicted molar refractivity (Wildman–Crippen MR) is 37.7 cm³/mol. The minimum atomic E-state index is -0.637. The van der Waals surface area contributed by atoms with Crippen LogP contribution in [0.2, 0.25) is 0 Å². The second kappa shape index (κ2) is 3.00. The van der Waals surface area contributed by atoms with Gasteiger partial charge in [-0.05, 0) is 6.42 Å². The third-order valence-corrected chi connectivity index (χ3v) is 2.01. The molecule has 1 rings (SSSR count). The topological polar surface area (TPSA) is 69.4 Å². The molecule has 0 aromatic carbocycles. The fourth-order valence-electron chi connectivity index (χ4n) is 1.28. The minimum absolute atomic E-state index is 0.0413. The van der Waals surface area contributed by atoms with Gasteiger partial charge in [0.25, 0.3) is 0 Å². The summed E-state index contributed by atoms with van der Waals surface area (Å²) >= 11 is 0. The van der Waals surface area contributed by atoms with Gasteiger partial charge in [-0.15, -0.1) is 0 Å². The van der Waals surface area contributed by atoms with E-state index in [-0.39, 0.29) is 11.8 Å². The summed E-state index contributed by atoms with van der Waals surface area (Å²) in [7, 11) is 1.30. The molecule has 0 aromatic rings. The molecule has 1 aliphatic rings. The van der Waals surface area contributed by atoms with Crippen molar-refractivity contribution >= 4 is 11.8 Å². The van der Waals surface area contributed by atoms with E-state index in [1.54, 1.807) is 0 Å². The summed E-state index contributed by atoms with van der Waals surface area (Å²) in [6.45, 7) is 0. The van der Waals surface area contributed by atoms with E-state index in [2.05, 4.69) is 4.74 Å². The van der Waals surface area contributed by atoms with Crippen molar-refractivity contribution in [2.75, 3.05) is 7.11 Å². The zero-order valence-corrected chi connectivity index (χ0v) is 6.37. The SMILES string of the molecule is COC(=O)C1CCC(=O)C1N. The lowest BCUT2D eigenvalue weighted by Gasteiger charge is -2.09. The van der Waals surface area contributed by atoms with E-state index in [9.17, 15) is 9.59 Å². The van der Waals surface area contributed by atoms with Crippen molar-refractivity contribution in [3.05, 3.63) is 0 Å². The van der Waals surface area contributed by atoms with Crippen LogP contribution < -0.4 is 5.73 Å². The summed E-state index contributed by atoms with van der Waals surface area (Å²) in [4.78, 5) is 21.8. The van der Waals surface area contributed by atoms with E-state index in [1.807, 2.05) is 0 Å². The van der Waals surface area contributed by atoms with Gasteiger partial charge in [0, 0.05) is 6.42 Å². The van der Waals surface area contributed by atoms with Crippen molar-refractivity contribution in [2.45, 2.75) is 18.9 Å². The van der Waals surface area contributed by atoms with E-state index >= 15 is 0 Å². The molecule has 4 nitrogen and oxygen atoms in total. The van der Waals surface area contributed by atoms with Crippen LogP contribution in [0.4, 0.5) is 0 Å². The Bertz CT molecular complexity index is 190. The summed E-state index contributed by atoms with van der Waals surface area (Å²) in [6.07, 6.45) is 0.938. The number of hydrogen-bond donors (Lipinski definition) is 1. The fourth-order valence-corrected chi connectivity index (χ4v) is 1.28. The molecule has 2 unspecified atom stereocenters. The molecule has 0 bridgehead atoms. The summed E-state index contributed by atoms with van der Waals surface area (Å²) in [5, 5.41) is 0. The maximum Gasteiger partial charge on any atom is 0.310 e. The Morgan fingerprint density at radius 2 is 2.36 bits per heavy atom. The first-order valence-corrected chi connectivity index (χ1v) is 3.53. The standard InChI is InChI=1S/C7H11NO3/c1-11-7(10)4-2-3-5(9)6(4)8/h4,6H,2-3,8H2,1H3. The van der Waals surface area contributed by atoms with Crippen LogP contribution in [0.5, 0.6) is 0 Å². The van der Waals surface area contributed by atoms with E-state index in [1.165, 1.54) is 7.11 Å². The third-order valence-electron chi connectivity index (χ3n) is 2.01. The van der Waals surface area contributed by atoms with E-state index in [4.69, 9.17) is 5.73 Å². The number of ketones is 1. The van der Waals surface area contributed by atoms with Gasteiger partial charge in [-0.25, -0.2) is 0 Å². The van der Waals surface area contributed by atoms with Gasteiger partial charge >= 0.3 is 5.97 Å². The second-order valence-corrected chi connectivity index (χ2v) is 2.66. The van der Waals surface area contributed by atoms with Crippen LogP contribution in [-0.2, 0) is 14.3 Å². The molecule has 0 aliphatic heterocycles. The Morgan fingerprint density at radius 1 is 1.73 bits per heavy atom. The average Bonchev–Trinajstić information content (AvgIpc) is 2.32. The first-order valence-electron chi connectivity index (χ1n) is 3.53. The number of carbonyl (C=O) groups is 2. The Labute approximate surface area is 64.7 Å². The highest BCUT2D eigenvalue weighted by Gasteiger charge is 2.37. The molecular weight excluding hydrogens is 146 g/mol. The van der Waals surface area contributed by atoms with Gasteiger partial charge in [0.15, 0.2) is 0 Å². The summed E-state index contributed by atoms with van der Waals surface area (Å²) < 4.78 is 4.48. The zero-order chi connectivity index (χ0) is 8.43. The maximum atomic E-state index is 10.9. The van der Waals surface area contributed by atoms with Crippen LogP contribution >= 0.6 is 0 Å². The minimum Gasteiger partial charge on any atom is -0.469 e. The number of ether oxygens (including phenoxy) is 1. The fraction of sp³-hybridized carbons (Fsp3) is 0.714. The lowest BCUT2D eigenvalue weighted by molar-refractivity contribution is -0.146. The van der Waals surface area contributed by atoms with Crippen LogP contribution in [0, 0.1) is 5.92 Å². The molecule has 4 heteroatoms. The first kappa shape index (κ1) is 8.20. The normalized spacial score (nSPS) is 30.5. The van der Waals surface area contributed by atoms with Gasteiger partial charge in [-0.2, -0.15) is 0 Å². The monoisotopic (exact) mass is 157 g/mol. The summed E-state index contributed by atoms with van der Waals surface area (Å²) in [5.41, 5.74) is 5.45. The van der Waals surface area contributed by atoms with E-state index < -0.39 is 12.0 Å². The number of rotatable bonds is 1. The summed E-state index contributed by atoms with van der Waals surface area (Å²) in [6, 6.07) is -0.637. The zero-order valence-electron chi connectivity index (χ0n) is 6.37. The van der Waals surface area contributed by atoms with Gasteiger partial charge in [-0.3, -0.25) is 9.59 Å². The summed E-state index contributed by atoms with van der Waals surface area (Å²) in [5.74, 6) is -0.823. The molecule has 0 heterocycles. The maximum absolute atomic E-state index is 10.9. The molecule has 1 aliphatic carbocycles. The molecule has 1 saturated carbocycles. The number of methoxy groups -OCH3 is 1. The highest BCUT2D eigenvalue weighted by atomic mass is 16.5. The molecule has 2 N–H and O–H groups in total. The van der Waals surface area contributed by atoms with Crippen molar-refractivity contribution in [1.82, 2.24) is 0 Å². The molecule has 62 valence electrons. The molecule has 0 saturated heterocycles. The van der Waals surface area contributed by atoms with Crippen LogP contribution in [-0.4, -0.2) is 24.9 Å². The van der Waals surface area contributed by atoms with Gasteiger partial charge in [0.05, 0.1) is 19.1 Å². The van der Waals surface area contributed by atoms with Gasteiger partial charge < -0.3 is 10.5 Å². The smallest absolute Gasteiger partial charge is 0.310 e. The first-order chi connectivity index (χ1) is 5.16. The highest BCUT2D eigenvalue weighted by Crippen LogP contribution is 2.21.